The lowest BCUT2D eigenvalue weighted by Crippen LogP contribution is -2.34. The zero-order chi connectivity index (χ0) is 21.1. The van der Waals surface area contributed by atoms with Crippen LogP contribution >= 0.6 is 11.3 Å². The molecular weight excluding hydrogens is 394 g/mol. The van der Waals surface area contributed by atoms with Crippen molar-refractivity contribution in [1.29, 1.82) is 0 Å². The van der Waals surface area contributed by atoms with Gasteiger partial charge in [-0.15, -0.1) is 0 Å². The van der Waals surface area contributed by atoms with Gasteiger partial charge in [-0.1, -0.05) is 41.7 Å². The first-order chi connectivity index (χ1) is 14.5. The minimum Gasteiger partial charge on any atom is -0.484 e. The molecule has 0 saturated heterocycles. The van der Waals surface area contributed by atoms with Crippen molar-refractivity contribution in [2.24, 2.45) is 0 Å². The second-order valence-electron chi connectivity index (χ2n) is 7.32. The van der Waals surface area contributed by atoms with Crippen LogP contribution in [0.2, 0.25) is 0 Å². The average Bonchev–Trinajstić information content (AvgIpc) is 3.20. The van der Waals surface area contributed by atoms with Gasteiger partial charge < -0.3 is 4.74 Å². The van der Waals surface area contributed by atoms with Gasteiger partial charge in [0.1, 0.15) is 5.75 Å². The Morgan fingerprint density at radius 2 is 1.90 bits per heavy atom. The Morgan fingerprint density at radius 3 is 2.63 bits per heavy atom. The van der Waals surface area contributed by atoms with Gasteiger partial charge in [0.2, 0.25) is 0 Å². The molecular formula is C24H23N3O2S. The summed E-state index contributed by atoms with van der Waals surface area (Å²) in [7, 11) is 0. The lowest BCUT2D eigenvalue weighted by molar-refractivity contribution is -0.120. The lowest BCUT2D eigenvalue weighted by Gasteiger charge is -2.20. The Kier molecular flexibility index (Phi) is 5.77. The Morgan fingerprint density at radius 1 is 1.07 bits per heavy atom. The third kappa shape index (κ3) is 4.33. The van der Waals surface area contributed by atoms with Crippen LogP contribution < -0.4 is 9.64 Å². The Hall–Kier alpha value is -3.25. The number of benzene rings is 2. The molecule has 4 aromatic rings. The van der Waals surface area contributed by atoms with Gasteiger partial charge in [0.05, 0.1) is 16.8 Å². The molecule has 2 heterocycles. The van der Waals surface area contributed by atoms with E-state index in [0.717, 1.165) is 32.5 Å². The number of anilines is 1. The van der Waals surface area contributed by atoms with E-state index in [0.29, 0.717) is 17.4 Å². The summed E-state index contributed by atoms with van der Waals surface area (Å²) in [5.41, 5.74) is 5.23. The number of carbonyl (C=O) groups is 1. The van der Waals surface area contributed by atoms with E-state index in [1.165, 1.54) is 11.3 Å². The molecule has 0 saturated carbocycles. The number of fused-ring (bicyclic) bond motifs is 1. The molecule has 1 amide bonds. The number of rotatable bonds is 6. The molecule has 0 fully saturated rings. The second kappa shape index (κ2) is 8.63. The first-order valence-corrected chi connectivity index (χ1v) is 10.6. The standard InChI is InChI=1S/C24H23N3O2S/c1-16-6-4-8-20(12-16)29-15-21(28)27(14-19-7-5-11-25-13-19)24-26-22-17(2)9-10-18(3)23(22)30-24/h4-13H,14-15H2,1-3H3. The van der Waals surface area contributed by atoms with E-state index in [2.05, 4.69) is 24.0 Å². The maximum atomic E-state index is 13.2. The number of thiazole rings is 1. The summed E-state index contributed by atoms with van der Waals surface area (Å²) < 4.78 is 6.89. The van der Waals surface area contributed by atoms with E-state index < -0.39 is 0 Å². The third-order valence-electron chi connectivity index (χ3n) is 4.88. The highest BCUT2D eigenvalue weighted by Crippen LogP contribution is 2.33. The topological polar surface area (TPSA) is 55.3 Å². The predicted molar refractivity (Wildman–Crippen MR) is 121 cm³/mol. The molecule has 4 rings (SSSR count). The highest BCUT2D eigenvalue weighted by molar-refractivity contribution is 7.22. The summed E-state index contributed by atoms with van der Waals surface area (Å²) in [6.45, 7) is 6.44. The van der Waals surface area contributed by atoms with Crippen molar-refractivity contribution in [2.45, 2.75) is 27.3 Å². The summed E-state index contributed by atoms with van der Waals surface area (Å²) in [6.07, 6.45) is 3.49. The molecule has 2 aromatic heterocycles. The molecule has 0 aliphatic carbocycles. The van der Waals surface area contributed by atoms with Gasteiger partial charge in [-0.05, 0) is 61.2 Å². The van der Waals surface area contributed by atoms with E-state index in [1.54, 1.807) is 17.3 Å². The Labute approximate surface area is 180 Å². The zero-order valence-corrected chi connectivity index (χ0v) is 18.1. The maximum absolute atomic E-state index is 13.2. The van der Waals surface area contributed by atoms with Crippen LogP contribution in [-0.4, -0.2) is 22.5 Å². The fourth-order valence-electron chi connectivity index (χ4n) is 3.23. The number of nitrogens with zero attached hydrogens (tertiary/aromatic N) is 3. The molecule has 0 unspecified atom stereocenters. The summed E-state index contributed by atoms with van der Waals surface area (Å²) >= 11 is 1.54. The molecule has 0 radical (unpaired) electrons. The predicted octanol–water partition coefficient (Wildman–Crippen LogP) is 5.23. The first kappa shape index (κ1) is 20.0. The van der Waals surface area contributed by atoms with E-state index in [1.807, 2.05) is 50.2 Å². The largest absolute Gasteiger partial charge is 0.484 e. The number of ether oxygens (including phenoxy) is 1. The quantitative estimate of drug-likeness (QED) is 0.431. The van der Waals surface area contributed by atoms with Gasteiger partial charge in [0.15, 0.2) is 11.7 Å². The summed E-state index contributed by atoms with van der Waals surface area (Å²) in [5.74, 6) is 0.537. The molecule has 30 heavy (non-hydrogen) atoms. The number of aromatic nitrogens is 2. The summed E-state index contributed by atoms with van der Waals surface area (Å²) in [6, 6.07) is 15.7. The fraction of sp³-hybridized carbons (Fsp3) is 0.208. The van der Waals surface area contributed by atoms with Crippen LogP contribution in [0.4, 0.5) is 5.13 Å². The molecule has 0 bridgehead atoms. The van der Waals surface area contributed by atoms with Crippen LogP contribution in [0.15, 0.2) is 60.9 Å². The van der Waals surface area contributed by atoms with Crippen LogP contribution in [0.25, 0.3) is 10.2 Å². The summed E-state index contributed by atoms with van der Waals surface area (Å²) in [5, 5.41) is 0.670. The van der Waals surface area contributed by atoms with Gasteiger partial charge in [0.25, 0.3) is 5.91 Å². The van der Waals surface area contributed by atoms with Crippen molar-refractivity contribution in [3.05, 3.63) is 83.2 Å². The molecule has 0 aliphatic heterocycles. The average molecular weight is 418 g/mol. The van der Waals surface area contributed by atoms with Crippen molar-refractivity contribution >= 4 is 32.6 Å². The van der Waals surface area contributed by atoms with Gasteiger partial charge in [0, 0.05) is 12.4 Å². The zero-order valence-electron chi connectivity index (χ0n) is 17.3. The van der Waals surface area contributed by atoms with Crippen LogP contribution in [0, 0.1) is 20.8 Å². The monoisotopic (exact) mass is 417 g/mol. The summed E-state index contributed by atoms with van der Waals surface area (Å²) in [4.78, 5) is 23.9. The highest BCUT2D eigenvalue weighted by atomic mass is 32.1. The molecule has 152 valence electrons. The van der Waals surface area contributed by atoms with Gasteiger partial charge >= 0.3 is 0 Å². The molecule has 6 heteroatoms. The van der Waals surface area contributed by atoms with E-state index in [9.17, 15) is 4.79 Å². The van der Waals surface area contributed by atoms with Crippen LogP contribution in [0.1, 0.15) is 22.3 Å². The molecule has 0 spiro atoms. The number of hydrogen-bond donors (Lipinski definition) is 0. The molecule has 0 aliphatic rings. The normalized spacial score (nSPS) is 10.9. The SMILES string of the molecule is Cc1cccc(OCC(=O)N(Cc2cccnc2)c2nc3c(C)ccc(C)c3s2)c1. The third-order valence-corrected chi connectivity index (χ3v) is 6.09. The van der Waals surface area contributed by atoms with Gasteiger partial charge in [-0.2, -0.15) is 0 Å². The van der Waals surface area contributed by atoms with E-state index in [-0.39, 0.29) is 12.5 Å². The minimum atomic E-state index is -0.144. The highest BCUT2D eigenvalue weighted by Gasteiger charge is 2.22. The minimum absolute atomic E-state index is 0.0579. The first-order valence-electron chi connectivity index (χ1n) is 9.77. The Bertz CT molecular complexity index is 1150. The number of pyridine rings is 1. The second-order valence-corrected chi connectivity index (χ2v) is 8.30. The number of carbonyl (C=O) groups excluding carboxylic acids is 1. The lowest BCUT2D eigenvalue weighted by atomic mass is 10.1. The molecule has 0 N–H and O–H groups in total. The number of hydrogen-bond acceptors (Lipinski definition) is 5. The smallest absolute Gasteiger partial charge is 0.267 e. The van der Waals surface area contributed by atoms with Gasteiger partial charge in [-0.25, -0.2) is 4.98 Å². The van der Waals surface area contributed by atoms with Crippen molar-refractivity contribution < 1.29 is 9.53 Å². The van der Waals surface area contributed by atoms with Crippen molar-refractivity contribution in [3.8, 4) is 5.75 Å². The van der Waals surface area contributed by atoms with Crippen molar-refractivity contribution in [3.63, 3.8) is 0 Å². The van der Waals surface area contributed by atoms with Crippen molar-refractivity contribution in [1.82, 2.24) is 9.97 Å². The van der Waals surface area contributed by atoms with Gasteiger partial charge in [-0.3, -0.25) is 14.7 Å². The molecule has 2 aromatic carbocycles. The van der Waals surface area contributed by atoms with Crippen LogP contribution in [-0.2, 0) is 11.3 Å². The Balaban J connectivity index is 1.65. The molecule has 0 atom stereocenters. The van der Waals surface area contributed by atoms with E-state index in [4.69, 9.17) is 9.72 Å². The van der Waals surface area contributed by atoms with Crippen molar-refractivity contribution in [2.75, 3.05) is 11.5 Å². The van der Waals surface area contributed by atoms with Crippen LogP contribution in [0.5, 0.6) is 5.75 Å². The number of aryl methyl sites for hydroxylation is 3. The van der Waals surface area contributed by atoms with E-state index >= 15 is 0 Å². The fourth-order valence-corrected chi connectivity index (χ4v) is 4.36. The number of amides is 1. The van der Waals surface area contributed by atoms with Crippen LogP contribution in [0.3, 0.4) is 0 Å². The molecule has 5 nitrogen and oxygen atoms in total. The maximum Gasteiger partial charge on any atom is 0.267 e.